The number of aliphatic hydroxyl groups is 2. The first-order valence-corrected chi connectivity index (χ1v) is 31.2. The van der Waals surface area contributed by atoms with Crippen LogP contribution in [-0.4, -0.2) is 200 Å². The minimum absolute atomic E-state index is 0.0152. The average Bonchev–Trinajstić information content (AvgIpc) is 4.38. The summed E-state index contributed by atoms with van der Waals surface area (Å²) in [6, 6.07) is 0. The van der Waals surface area contributed by atoms with Crippen LogP contribution in [0.15, 0.2) is 24.3 Å². The van der Waals surface area contributed by atoms with Crippen molar-refractivity contribution in [2.24, 2.45) is 29.6 Å². The van der Waals surface area contributed by atoms with E-state index in [9.17, 15) is 15.0 Å². The Labute approximate surface area is 470 Å². The number of methoxy groups -OCH3 is 1. The van der Waals surface area contributed by atoms with Crippen LogP contribution < -0.4 is 0 Å². The van der Waals surface area contributed by atoms with Gasteiger partial charge in [-0.15, -0.1) is 0 Å². The number of esters is 1. The number of carbonyl (C=O) groups excluding carboxylic acids is 1. The minimum Gasteiger partial charge on any atom is -0.459 e. The molecule has 32 atom stereocenters. The third-order valence-corrected chi connectivity index (χ3v) is 22.4. The first-order chi connectivity index (χ1) is 38.5. The van der Waals surface area contributed by atoms with Crippen molar-refractivity contribution in [1.29, 1.82) is 0 Å². The maximum atomic E-state index is 14.6. The van der Waals surface area contributed by atoms with Crippen molar-refractivity contribution in [3.05, 3.63) is 24.3 Å². The SMILES string of the molecule is C=C1C[C@@H]2CC[C@]34CC(O3)[C@@H]3O[C@H]5CC[C@H](CC(=O)O[C@@H]6[C@@H](C)[C@@H]7O[C@@H]8C[C@]9(C[C@@H]%10O[C@]%11(C[C@H](C)[C@@H]%12O[C@@H]%13[C@@H]([C@@H](O)CO)CO[C@@H]%13C[C@@H]%12O%11)C[C@H](C)[C@@H]%10O9)O[C@@H]8C[C@@H]7O[C@H]6C[C@H]6O[C@@H](CC[C@@H]1O2)C[C@@H](C)C6=C)O[C@@H]5[C@H](O4)[C@@H]3OC. The average molecular weight is 1130 g/mol. The van der Waals surface area contributed by atoms with Crippen LogP contribution in [0.4, 0.5) is 0 Å². The van der Waals surface area contributed by atoms with Crippen LogP contribution in [0, 0.1) is 29.6 Å². The number of aliphatic hydroxyl groups excluding tert-OH is 2. The van der Waals surface area contributed by atoms with Crippen LogP contribution in [0.5, 0.6) is 0 Å². The van der Waals surface area contributed by atoms with E-state index >= 15 is 0 Å². The van der Waals surface area contributed by atoms with Gasteiger partial charge in [0, 0.05) is 76.7 Å². The summed E-state index contributed by atoms with van der Waals surface area (Å²) < 4.78 is 109. The zero-order chi connectivity index (χ0) is 54.7. The van der Waals surface area contributed by atoms with Crippen molar-refractivity contribution in [2.45, 2.75) is 301 Å². The Morgan fingerprint density at radius 3 is 2.05 bits per heavy atom. The molecule has 16 aliphatic rings. The lowest BCUT2D eigenvalue weighted by molar-refractivity contribution is -0.370. The van der Waals surface area contributed by atoms with Gasteiger partial charge < -0.3 is 86.0 Å². The number of ether oxygens (including phenoxy) is 16. The van der Waals surface area contributed by atoms with Gasteiger partial charge in [0.25, 0.3) is 0 Å². The molecule has 3 spiro atoms. The summed E-state index contributed by atoms with van der Waals surface area (Å²) in [6.45, 7) is 17.9. The maximum Gasteiger partial charge on any atom is 0.308 e. The van der Waals surface area contributed by atoms with E-state index in [1.807, 2.05) is 0 Å². The largest absolute Gasteiger partial charge is 0.459 e. The summed E-state index contributed by atoms with van der Waals surface area (Å²) in [5.41, 5.74) is 2.16. The first kappa shape index (κ1) is 54.9. The Hall–Kier alpha value is -1.73. The zero-order valence-electron chi connectivity index (χ0n) is 47.4. The van der Waals surface area contributed by atoms with E-state index in [-0.39, 0.29) is 158 Å². The van der Waals surface area contributed by atoms with Gasteiger partial charge in [0.1, 0.15) is 30.5 Å². The molecule has 10 bridgehead atoms. The molecule has 19 nitrogen and oxygen atoms in total. The molecule has 0 saturated carbocycles. The third kappa shape index (κ3) is 9.41. The molecular weight excluding hydrogens is 1040 g/mol. The molecular formula is C61H88O19. The topological polar surface area (TPSA) is 205 Å². The van der Waals surface area contributed by atoms with E-state index < -0.39 is 54.0 Å². The fraction of sp³-hybridized carbons (Fsp3) is 0.918. The highest BCUT2D eigenvalue weighted by atomic mass is 16.8. The van der Waals surface area contributed by atoms with Gasteiger partial charge in [0.2, 0.25) is 0 Å². The van der Waals surface area contributed by atoms with Gasteiger partial charge in [0.15, 0.2) is 17.4 Å². The van der Waals surface area contributed by atoms with Gasteiger partial charge in [-0.25, -0.2) is 0 Å². The Morgan fingerprint density at radius 1 is 0.550 bits per heavy atom. The molecule has 0 aromatic heterocycles. The quantitative estimate of drug-likeness (QED) is 0.267. The number of fused-ring (bicyclic) bond motifs is 11. The fourth-order valence-electron chi connectivity index (χ4n) is 18.4. The van der Waals surface area contributed by atoms with E-state index in [0.717, 1.165) is 43.3 Å². The molecule has 0 aliphatic carbocycles. The van der Waals surface area contributed by atoms with E-state index in [1.165, 1.54) is 0 Å². The molecule has 16 rings (SSSR count). The van der Waals surface area contributed by atoms with Crippen LogP contribution in [0.1, 0.15) is 137 Å². The molecule has 16 heterocycles. The van der Waals surface area contributed by atoms with Crippen LogP contribution in [0.2, 0.25) is 0 Å². The Bertz CT molecular complexity index is 2350. The molecule has 16 saturated heterocycles. The smallest absolute Gasteiger partial charge is 0.308 e. The minimum atomic E-state index is -0.910. The molecule has 19 heteroatoms. The normalized spacial score (nSPS) is 57.5. The zero-order valence-corrected chi connectivity index (χ0v) is 47.4. The van der Waals surface area contributed by atoms with Crippen molar-refractivity contribution >= 4 is 5.97 Å². The van der Waals surface area contributed by atoms with Crippen LogP contribution in [-0.2, 0) is 80.6 Å². The van der Waals surface area contributed by atoms with Crippen molar-refractivity contribution in [3.8, 4) is 0 Å². The van der Waals surface area contributed by atoms with Crippen LogP contribution >= 0.6 is 0 Å². The van der Waals surface area contributed by atoms with Crippen LogP contribution in [0.25, 0.3) is 0 Å². The Morgan fingerprint density at radius 2 is 1.23 bits per heavy atom. The van der Waals surface area contributed by atoms with Gasteiger partial charge in [-0.3, -0.25) is 4.79 Å². The number of hydrogen-bond donors (Lipinski definition) is 2. The van der Waals surface area contributed by atoms with E-state index in [0.29, 0.717) is 77.2 Å². The van der Waals surface area contributed by atoms with Gasteiger partial charge in [-0.1, -0.05) is 40.9 Å². The van der Waals surface area contributed by atoms with E-state index in [1.54, 1.807) is 7.11 Å². The Balaban J connectivity index is 0.654. The molecule has 0 aromatic rings. The summed E-state index contributed by atoms with van der Waals surface area (Å²) in [5.74, 6) is -2.89. The lowest BCUT2D eigenvalue weighted by atomic mass is 9.77. The molecule has 0 radical (unpaired) electrons. The molecule has 80 heavy (non-hydrogen) atoms. The third-order valence-electron chi connectivity index (χ3n) is 22.4. The summed E-state index contributed by atoms with van der Waals surface area (Å²) in [6.07, 6.45) is 3.69. The van der Waals surface area contributed by atoms with Gasteiger partial charge in [-0.2, -0.15) is 0 Å². The number of carbonyl (C=O) groups is 1. The molecule has 16 fully saturated rings. The summed E-state index contributed by atoms with van der Waals surface area (Å²) in [4.78, 5) is 14.6. The summed E-state index contributed by atoms with van der Waals surface area (Å²) in [7, 11) is 1.70. The highest BCUT2D eigenvalue weighted by molar-refractivity contribution is 5.70. The highest BCUT2D eigenvalue weighted by Gasteiger charge is 2.67. The number of hydrogen-bond acceptors (Lipinski definition) is 19. The van der Waals surface area contributed by atoms with Gasteiger partial charge in [0.05, 0.1) is 136 Å². The van der Waals surface area contributed by atoms with Crippen molar-refractivity contribution in [2.75, 3.05) is 20.3 Å². The standard InChI is InChI=1S/C61H88O19/c1-27-14-33-8-10-38-28(2)15-35(67-38)12-13-59-23-48(77-59)56-57(65-7)58(80-59)55-39(71-56)11-9-34(69-55)16-49(64)73-53-32(6)52-44(70-43(53)17-40(68-33)31(27)5)18-41-46(72-52)22-61(75-41)24-47-51(79-61)30(4)21-60(78-47)20-29(3)50-45(76-60)19-42-54(74-50)36(26-66-42)37(63)25-62/h27,29-30,32-48,50-58,62-63H,2,5,8-26H2,1,3-4,6-7H3/t27-,29+,30+,32+,33+,34-,35+,36-,37+,38+,39+,40-,41-,42-,43+,44+,45+,46-,47+,48?,50+,51+,52+,53-,54-,55+,56+,57-,58+,59+,60-,61+/m1/s1. The monoisotopic (exact) mass is 1120 g/mol. The lowest BCUT2D eigenvalue weighted by Gasteiger charge is -2.54. The molecule has 0 aromatic carbocycles. The Kier molecular flexibility index (Phi) is 14.2. The second-order valence-electron chi connectivity index (χ2n) is 27.7. The molecule has 16 aliphatic heterocycles. The lowest BCUT2D eigenvalue weighted by Crippen LogP contribution is -2.63. The van der Waals surface area contributed by atoms with Gasteiger partial charge in [-0.05, 0) is 73.8 Å². The summed E-state index contributed by atoms with van der Waals surface area (Å²) in [5, 5.41) is 20.3. The van der Waals surface area contributed by atoms with Crippen molar-refractivity contribution < 1.29 is 90.8 Å². The molecule has 0 amide bonds. The predicted molar refractivity (Wildman–Crippen MR) is 278 cm³/mol. The van der Waals surface area contributed by atoms with Crippen molar-refractivity contribution in [1.82, 2.24) is 0 Å². The van der Waals surface area contributed by atoms with E-state index in [4.69, 9.17) is 75.8 Å². The predicted octanol–water partition coefficient (Wildman–Crippen LogP) is 5.44. The van der Waals surface area contributed by atoms with Crippen LogP contribution in [0.3, 0.4) is 0 Å². The summed E-state index contributed by atoms with van der Waals surface area (Å²) >= 11 is 0. The molecule has 1 unspecified atom stereocenters. The number of rotatable bonds is 3. The van der Waals surface area contributed by atoms with E-state index in [2.05, 4.69) is 40.9 Å². The second kappa shape index (κ2) is 20.7. The van der Waals surface area contributed by atoms with Gasteiger partial charge >= 0.3 is 5.97 Å². The highest BCUT2D eigenvalue weighted by Crippen LogP contribution is 2.57. The molecule has 2 N–H and O–H groups in total. The first-order valence-electron chi connectivity index (χ1n) is 31.2. The molecule has 446 valence electrons. The van der Waals surface area contributed by atoms with Crippen molar-refractivity contribution in [3.63, 3.8) is 0 Å². The maximum absolute atomic E-state index is 14.6. The fourth-order valence-corrected chi connectivity index (χ4v) is 18.4. The second-order valence-corrected chi connectivity index (χ2v) is 27.7.